The van der Waals surface area contributed by atoms with Crippen molar-refractivity contribution < 1.29 is 61.5 Å². The zero-order valence-electron chi connectivity index (χ0n) is 29.1. The summed E-state index contributed by atoms with van der Waals surface area (Å²) in [7, 11) is 1.66. The van der Waals surface area contributed by atoms with Gasteiger partial charge in [-0.1, -0.05) is 12.1 Å². The van der Waals surface area contributed by atoms with Crippen molar-refractivity contribution in [2.45, 2.75) is 25.9 Å². The van der Waals surface area contributed by atoms with Gasteiger partial charge in [0.25, 0.3) is 10.0 Å². The Morgan fingerprint density at radius 3 is 1.98 bits per heavy atom. The van der Waals surface area contributed by atoms with Crippen LogP contribution in [0.15, 0.2) is 72.1 Å². The summed E-state index contributed by atoms with van der Waals surface area (Å²) in [6.45, 7) is -0.133. The average molecular weight is 755 g/mol. The van der Waals surface area contributed by atoms with Gasteiger partial charge in [-0.25, -0.2) is 18.0 Å². The maximum absolute atomic E-state index is 13.0. The van der Waals surface area contributed by atoms with E-state index in [1.165, 1.54) is 52.7 Å². The second-order valence-corrected chi connectivity index (χ2v) is 12.5. The number of nitrogens with one attached hydrogen (secondary N) is 3. The molecule has 1 heterocycles. The van der Waals surface area contributed by atoms with Crippen LogP contribution >= 0.6 is 0 Å². The van der Waals surface area contributed by atoms with Gasteiger partial charge in [0.1, 0.15) is 29.6 Å². The third-order valence-electron chi connectivity index (χ3n) is 7.25. The minimum atomic E-state index is -4.06. The summed E-state index contributed by atoms with van der Waals surface area (Å²) >= 11 is 0. The van der Waals surface area contributed by atoms with Gasteiger partial charge in [0, 0.05) is 42.8 Å². The van der Waals surface area contributed by atoms with E-state index in [-0.39, 0.29) is 48.9 Å². The molecule has 53 heavy (non-hydrogen) atoms. The highest BCUT2D eigenvalue weighted by atomic mass is 32.2. The van der Waals surface area contributed by atoms with Gasteiger partial charge in [-0.2, -0.15) is 0 Å². The zero-order valence-corrected chi connectivity index (χ0v) is 29.9. The standard InChI is InChI=1S/C35H38N4O13S/c1-47-25-19-29(49-3)26(30(20-25)50-4)16-17-53(45,46)38-24-12-13-28(48-2)27(18-24)37-35(44)51-21-22-8-10-23(11-9-22)36-31(40)6-5-7-34(43)52-39-32(41)14-15-33(39)42/h8-20,38,41-42H,5-7,21H2,1-4H3,(H,36,40)(H,37,44). The fourth-order valence-electron chi connectivity index (χ4n) is 4.66. The van der Waals surface area contributed by atoms with Gasteiger partial charge < -0.3 is 44.1 Å². The van der Waals surface area contributed by atoms with Crippen LogP contribution in [0, 0.1) is 0 Å². The molecule has 3 aromatic carbocycles. The Labute approximate surface area is 304 Å². The zero-order chi connectivity index (χ0) is 38.5. The molecule has 0 saturated carbocycles. The number of benzene rings is 3. The lowest BCUT2D eigenvalue weighted by atomic mass is 10.1. The Morgan fingerprint density at radius 2 is 1.38 bits per heavy atom. The van der Waals surface area contributed by atoms with Crippen molar-refractivity contribution in [3.63, 3.8) is 0 Å². The summed E-state index contributed by atoms with van der Waals surface area (Å²) < 4.78 is 55.5. The molecular formula is C35H38N4O13S. The van der Waals surface area contributed by atoms with Crippen LogP contribution in [-0.2, 0) is 31.0 Å². The monoisotopic (exact) mass is 754 g/mol. The summed E-state index contributed by atoms with van der Waals surface area (Å²) in [5.41, 5.74) is 1.69. The first kappa shape index (κ1) is 39.2. The maximum atomic E-state index is 13.0. The molecule has 0 aliphatic heterocycles. The fourth-order valence-corrected chi connectivity index (χ4v) is 5.50. The van der Waals surface area contributed by atoms with Crippen molar-refractivity contribution in [3.8, 4) is 34.8 Å². The van der Waals surface area contributed by atoms with E-state index in [0.717, 1.165) is 17.5 Å². The highest BCUT2D eigenvalue weighted by Crippen LogP contribution is 2.35. The van der Waals surface area contributed by atoms with E-state index in [9.17, 15) is 33.0 Å². The second-order valence-electron chi connectivity index (χ2n) is 10.9. The van der Waals surface area contributed by atoms with E-state index >= 15 is 0 Å². The predicted molar refractivity (Wildman–Crippen MR) is 193 cm³/mol. The summed E-state index contributed by atoms with van der Waals surface area (Å²) in [4.78, 5) is 41.8. The second kappa shape index (κ2) is 18.1. The van der Waals surface area contributed by atoms with Gasteiger partial charge in [-0.15, -0.1) is 4.73 Å². The van der Waals surface area contributed by atoms with Crippen molar-refractivity contribution >= 4 is 51.1 Å². The number of aromatic nitrogens is 1. The Bertz CT molecular complexity index is 2020. The van der Waals surface area contributed by atoms with Crippen LogP contribution in [0.5, 0.6) is 34.8 Å². The third kappa shape index (κ3) is 11.2. The first-order valence-corrected chi connectivity index (χ1v) is 17.2. The first-order valence-electron chi connectivity index (χ1n) is 15.7. The van der Waals surface area contributed by atoms with E-state index in [0.29, 0.717) is 38.8 Å². The highest BCUT2D eigenvalue weighted by molar-refractivity contribution is 7.95. The normalized spacial score (nSPS) is 11.0. The molecule has 1 aromatic heterocycles. The Kier molecular flexibility index (Phi) is 13.4. The number of hydrogen-bond acceptors (Lipinski definition) is 13. The number of anilines is 3. The first-order chi connectivity index (χ1) is 25.3. The topological polar surface area (TPSA) is 222 Å². The number of nitrogens with zero attached hydrogens (tertiary/aromatic N) is 1. The quantitative estimate of drug-likeness (QED) is 0.0973. The number of aromatic hydroxyl groups is 2. The van der Waals surface area contributed by atoms with E-state index in [4.69, 9.17) is 28.5 Å². The lowest BCUT2D eigenvalue weighted by molar-refractivity contribution is -0.145. The van der Waals surface area contributed by atoms with Gasteiger partial charge in [-0.3, -0.25) is 14.8 Å². The van der Waals surface area contributed by atoms with E-state index < -0.39 is 33.8 Å². The number of amides is 2. The SMILES string of the molecule is COc1cc(OC)c(C=CS(=O)(=O)Nc2ccc(OC)c(NC(=O)OCc3ccc(NC(=O)CCCC(=O)On4c(O)ccc4O)cc3)c2)c(OC)c1. The van der Waals surface area contributed by atoms with E-state index in [1.807, 2.05) is 0 Å². The molecule has 0 spiro atoms. The summed E-state index contributed by atoms with van der Waals surface area (Å²) in [6, 6.07) is 16.2. The van der Waals surface area contributed by atoms with Crippen molar-refractivity contribution in [3.05, 3.63) is 83.3 Å². The lowest BCUT2D eigenvalue weighted by Crippen LogP contribution is -2.19. The molecule has 0 unspecified atom stereocenters. The largest absolute Gasteiger partial charge is 0.496 e. The molecule has 282 valence electrons. The molecule has 0 aliphatic carbocycles. The number of carbonyl (C=O) groups excluding carboxylic acids is 3. The van der Waals surface area contributed by atoms with Gasteiger partial charge in [-0.05, 0) is 48.4 Å². The number of hydrogen-bond donors (Lipinski definition) is 5. The molecule has 0 saturated heterocycles. The van der Waals surface area contributed by atoms with Crippen LogP contribution in [-0.4, -0.2) is 69.8 Å². The van der Waals surface area contributed by atoms with Crippen LogP contribution < -0.4 is 39.1 Å². The number of methoxy groups -OCH3 is 4. The number of ether oxygens (including phenoxy) is 5. The van der Waals surface area contributed by atoms with E-state index in [2.05, 4.69) is 15.4 Å². The van der Waals surface area contributed by atoms with Gasteiger partial charge in [0.2, 0.25) is 17.7 Å². The molecule has 0 atom stereocenters. The third-order valence-corrected chi connectivity index (χ3v) is 8.26. The van der Waals surface area contributed by atoms with Crippen LogP contribution in [0.4, 0.5) is 21.9 Å². The molecule has 0 fully saturated rings. The molecule has 18 heteroatoms. The summed E-state index contributed by atoms with van der Waals surface area (Å²) in [5.74, 6) is -0.647. The number of rotatable bonds is 17. The Morgan fingerprint density at radius 1 is 0.755 bits per heavy atom. The highest BCUT2D eigenvalue weighted by Gasteiger charge is 2.16. The molecule has 0 bridgehead atoms. The molecule has 17 nitrogen and oxygen atoms in total. The maximum Gasteiger partial charge on any atom is 0.412 e. The van der Waals surface area contributed by atoms with E-state index in [1.54, 1.807) is 36.4 Å². The fraction of sp³-hybridized carbons (Fsp3) is 0.229. The molecule has 0 aliphatic rings. The number of sulfonamides is 1. The summed E-state index contributed by atoms with van der Waals surface area (Å²) in [5, 5.41) is 25.2. The molecule has 5 N–H and O–H groups in total. The van der Waals surface area contributed by atoms with Crippen molar-refractivity contribution in [1.29, 1.82) is 0 Å². The average Bonchev–Trinajstić information content (AvgIpc) is 3.45. The Hall–Kier alpha value is -6.56. The van der Waals surface area contributed by atoms with Gasteiger partial charge >= 0.3 is 12.1 Å². The van der Waals surface area contributed by atoms with Crippen LogP contribution in [0.2, 0.25) is 0 Å². The molecular weight excluding hydrogens is 716 g/mol. The van der Waals surface area contributed by atoms with Crippen molar-refractivity contribution in [2.75, 3.05) is 43.8 Å². The van der Waals surface area contributed by atoms with Gasteiger partial charge in [0.05, 0.1) is 50.8 Å². The molecule has 4 aromatic rings. The minimum Gasteiger partial charge on any atom is -0.496 e. The molecule has 2 amide bonds. The lowest BCUT2D eigenvalue weighted by Gasteiger charge is -2.14. The smallest absolute Gasteiger partial charge is 0.412 e. The minimum absolute atomic E-state index is 0.000734. The molecule has 4 rings (SSSR count). The van der Waals surface area contributed by atoms with Crippen LogP contribution in [0.3, 0.4) is 0 Å². The van der Waals surface area contributed by atoms with Gasteiger partial charge in [0.15, 0.2) is 0 Å². The van der Waals surface area contributed by atoms with Crippen LogP contribution in [0.1, 0.15) is 30.4 Å². The summed E-state index contributed by atoms with van der Waals surface area (Å²) in [6.07, 6.45) is 0.487. The molecule has 0 radical (unpaired) electrons. The Balaban J connectivity index is 1.28. The van der Waals surface area contributed by atoms with Crippen molar-refractivity contribution in [2.24, 2.45) is 0 Å². The predicted octanol–water partition coefficient (Wildman–Crippen LogP) is 4.86. The van der Waals surface area contributed by atoms with Crippen molar-refractivity contribution in [1.82, 2.24) is 4.73 Å². The number of carbonyl (C=O) groups is 3. The van der Waals surface area contributed by atoms with Crippen LogP contribution in [0.25, 0.3) is 6.08 Å².